The number of nitrogens with one attached hydrogen (secondary N) is 1. The average molecular weight is 727 g/mol. The van der Waals surface area contributed by atoms with Gasteiger partial charge in [0.05, 0.1) is 18.7 Å². The molecule has 0 saturated carbocycles. The predicted octanol–water partition coefficient (Wildman–Crippen LogP) is 2.42. The number of esters is 1. The van der Waals surface area contributed by atoms with E-state index in [0.717, 1.165) is 12.8 Å². The maximum atomic E-state index is 14.8. The molecule has 16 heteroatoms. The van der Waals surface area contributed by atoms with Gasteiger partial charge in [-0.25, -0.2) is 14.2 Å². The number of halogens is 1. The molecular formula is C36H47FN6O9. The largest absolute Gasteiger partial charge is 0.483 e. The van der Waals surface area contributed by atoms with E-state index in [1.807, 2.05) is 0 Å². The zero-order valence-electron chi connectivity index (χ0n) is 30.0. The van der Waals surface area contributed by atoms with Crippen molar-refractivity contribution in [1.82, 2.24) is 29.9 Å². The normalized spacial score (nSPS) is 18.0. The maximum Gasteiger partial charge on any atom is 0.409 e. The molecule has 1 N–H and O–H groups in total. The Bertz CT molecular complexity index is 1680. The molecule has 5 rings (SSSR count). The minimum absolute atomic E-state index is 0.0218. The summed E-state index contributed by atoms with van der Waals surface area (Å²) in [5, 5.41) is 2.93. The van der Waals surface area contributed by atoms with Crippen molar-refractivity contribution >= 4 is 46.6 Å². The lowest BCUT2D eigenvalue weighted by molar-refractivity contribution is -0.144. The van der Waals surface area contributed by atoms with Crippen LogP contribution in [0.25, 0.3) is 10.9 Å². The van der Waals surface area contributed by atoms with Gasteiger partial charge in [0.1, 0.15) is 29.3 Å². The summed E-state index contributed by atoms with van der Waals surface area (Å²) in [6, 6.07) is 2.23. The quantitative estimate of drug-likeness (QED) is 0.321. The van der Waals surface area contributed by atoms with Crippen LogP contribution in [0.1, 0.15) is 68.4 Å². The highest BCUT2D eigenvalue weighted by atomic mass is 19.1. The standard InChI is InChI=1S/C36H47FN6O9/c1-4-50-32(45)11-10-26(34(47)41-15-17-42(18-16-41)36(49)51-5-2)39-33(46)28-21-30(24-20-25(37)23(3)19-27(24)38-28)52-22-31(44)43-14-8-9-29(43)35(48)40-12-6-7-13-40/h19-21,26,29H,4-18,22H2,1-3H3,(H,39,46)/t26-,29-/m0/s1. The van der Waals surface area contributed by atoms with Gasteiger partial charge in [-0.15, -0.1) is 0 Å². The lowest BCUT2D eigenvalue weighted by Crippen LogP contribution is -2.56. The first-order chi connectivity index (χ1) is 25.0. The van der Waals surface area contributed by atoms with Gasteiger partial charge >= 0.3 is 12.1 Å². The van der Waals surface area contributed by atoms with Gasteiger partial charge < -0.3 is 39.1 Å². The molecular weight excluding hydrogens is 679 g/mol. The third-order valence-corrected chi connectivity index (χ3v) is 9.57. The fraction of sp³-hybridized carbons (Fsp3) is 0.583. The number of piperazine rings is 1. The summed E-state index contributed by atoms with van der Waals surface area (Å²) >= 11 is 0. The molecule has 0 unspecified atom stereocenters. The van der Waals surface area contributed by atoms with Crippen molar-refractivity contribution in [3.8, 4) is 5.75 Å². The number of ether oxygens (including phenoxy) is 3. The highest BCUT2D eigenvalue weighted by molar-refractivity contribution is 6.00. The molecule has 1 aromatic heterocycles. The van der Waals surface area contributed by atoms with E-state index in [9.17, 15) is 33.2 Å². The number of hydrogen-bond acceptors (Lipinski definition) is 10. The number of aromatic nitrogens is 1. The number of amides is 5. The van der Waals surface area contributed by atoms with Crippen LogP contribution in [0.15, 0.2) is 18.2 Å². The van der Waals surface area contributed by atoms with Gasteiger partial charge in [-0.3, -0.25) is 24.0 Å². The first-order valence-corrected chi connectivity index (χ1v) is 18.0. The number of likely N-dealkylation sites (tertiary alicyclic amines) is 2. The summed E-state index contributed by atoms with van der Waals surface area (Å²) in [6.07, 6.45) is 2.42. The van der Waals surface area contributed by atoms with Crippen LogP contribution in [0.2, 0.25) is 0 Å². The van der Waals surface area contributed by atoms with E-state index in [0.29, 0.717) is 32.5 Å². The maximum absolute atomic E-state index is 14.8. The molecule has 2 aromatic rings. The second-order valence-electron chi connectivity index (χ2n) is 13.1. The van der Waals surface area contributed by atoms with E-state index < -0.39 is 54.3 Å². The van der Waals surface area contributed by atoms with Crippen LogP contribution < -0.4 is 10.1 Å². The molecule has 3 saturated heterocycles. The summed E-state index contributed by atoms with van der Waals surface area (Å²) in [6.45, 7) is 7.42. The van der Waals surface area contributed by atoms with Crippen molar-refractivity contribution < 1.29 is 47.4 Å². The number of benzene rings is 1. The molecule has 3 aliphatic rings. The van der Waals surface area contributed by atoms with Gasteiger partial charge in [-0.05, 0) is 70.6 Å². The van der Waals surface area contributed by atoms with Gasteiger partial charge in [-0.2, -0.15) is 0 Å². The van der Waals surface area contributed by atoms with Gasteiger partial charge in [0.15, 0.2) is 6.61 Å². The van der Waals surface area contributed by atoms with E-state index in [1.165, 1.54) is 32.9 Å². The minimum Gasteiger partial charge on any atom is -0.483 e. The van der Waals surface area contributed by atoms with Gasteiger partial charge in [0.25, 0.3) is 11.8 Å². The van der Waals surface area contributed by atoms with Crippen molar-refractivity contribution in [2.75, 3.05) is 65.6 Å². The fourth-order valence-electron chi connectivity index (χ4n) is 6.78. The number of pyridine rings is 1. The molecule has 0 radical (unpaired) electrons. The van der Waals surface area contributed by atoms with Gasteiger partial charge in [0, 0.05) is 63.7 Å². The van der Waals surface area contributed by atoms with Crippen LogP contribution in [-0.4, -0.2) is 138 Å². The lowest BCUT2D eigenvalue weighted by Gasteiger charge is -2.36. The van der Waals surface area contributed by atoms with Crippen LogP contribution in [0, 0.1) is 12.7 Å². The SMILES string of the molecule is CCOC(=O)CC[C@H](NC(=O)c1cc(OCC(=O)N2CCC[C@H]2C(=O)N2CCCC2)c2cc(F)c(C)cc2n1)C(=O)N1CCN(C(=O)OCC)CC1. The third-order valence-electron chi connectivity index (χ3n) is 9.57. The van der Waals surface area contributed by atoms with Crippen molar-refractivity contribution in [2.24, 2.45) is 0 Å². The first kappa shape index (κ1) is 38.2. The molecule has 2 atom stereocenters. The van der Waals surface area contributed by atoms with Gasteiger partial charge in [-0.1, -0.05) is 0 Å². The molecule has 0 bridgehead atoms. The number of carbonyl (C=O) groups is 6. The Balaban J connectivity index is 1.34. The molecule has 0 aliphatic carbocycles. The summed E-state index contributed by atoms with van der Waals surface area (Å²) in [5.41, 5.74) is 0.330. The molecule has 15 nitrogen and oxygen atoms in total. The van der Waals surface area contributed by atoms with Crippen molar-refractivity contribution in [1.29, 1.82) is 0 Å². The average Bonchev–Trinajstić information content (AvgIpc) is 3.86. The van der Waals surface area contributed by atoms with E-state index >= 15 is 0 Å². The summed E-state index contributed by atoms with van der Waals surface area (Å²) in [5.74, 6) is -2.74. The van der Waals surface area contributed by atoms with Crippen molar-refractivity contribution in [2.45, 2.75) is 71.4 Å². The summed E-state index contributed by atoms with van der Waals surface area (Å²) < 4.78 is 30.8. The molecule has 4 heterocycles. The van der Waals surface area contributed by atoms with E-state index in [-0.39, 0.29) is 86.1 Å². The smallest absolute Gasteiger partial charge is 0.409 e. The van der Waals surface area contributed by atoms with Gasteiger partial charge in [0.2, 0.25) is 11.8 Å². The van der Waals surface area contributed by atoms with Crippen LogP contribution in [0.5, 0.6) is 5.75 Å². The number of hydrogen-bond donors (Lipinski definition) is 1. The Morgan fingerprint density at radius 2 is 1.58 bits per heavy atom. The Hall–Kier alpha value is -5.02. The van der Waals surface area contributed by atoms with Crippen LogP contribution in [-0.2, 0) is 28.7 Å². The predicted molar refractivity (Wildman–Crippen MR) is 185 cm³/mol. The number of rotatable bonds is 12. The van der Waals surface area contributed by atoms with E-state index in [1.54, 1.807) is 25.7 Å². The second kappa shape index (κ2) is 17.5. The number of carbonyl (C=O) groups excluding carboxylic acids is 6. The fourth-order valence-corrected chi connectivity index (χ4v) is 6.78. The van der Waals surface area contributed by atoms with E-state index in [2.05, 4.69) is 10.3 Å². The minimum atomic E-state index is -1.15. The summed E-state index contributed by atoms with van der Waals surface area (Å²) in [4.78, 5) is 89.2. The first-order valence-electron chi connectivity index (χ1n) is 18.0. The van der Waals surface area contributed by atoms with Crippen molar-refractivity contribution in [3.05, 3.63) is 35.3 Å². The topological polar surface area (TPSA) is 168 Å². The molecule has 282 valence electrons. The molecule has 3 fully saturated rings. The zero-order valence-corrected chi connectivity index (χ0v) is 30.0. The molecule has 0 spiro atoms. The Labute approximate surface area is 301 Å². The molecule has 5 amide bonds. The lowest BCUT2D eigenvalue weighted by atomic mass is 10.1. The number of nitrogens with zero attached hydrogens (tertiary/aromatic N) is 5. The highest BCUT2D eigenvalue weighted by Crippen LogP contribution is 2.29. The van der Waals surface area contributed by atoms with Crippen molar-refractivity contribution in [3.63, 3.8) is 0 Å². The monoisotopic (exact) mass is 726 g/mol. The zero-order chi connectivity index (χ0) is 37.4. The van der Waals surface area contributed by atoms with Crippen LogP contribution in [0.4, 0.5) is 9.18 Å². The van der Waals surface area contributed by atoms with Crippen LogP contribution >= 0.6 is 0 Å². The Morgan fingerprint density at radius 3 is 2.27 bits per heavy atom. The number of aryl methyl sites for hydroxylation is 1. The number of fused-ring (bicyclic) bond motifs is 1. The van der Waals surface area contributed by atoms with E-state index in [4.69, 9.17) is 14.2 Å². The summed E-state index contributed by atoms with van der Waals surface area (Å²) in [7, 11) is 0. The molecule has 1 aromatic carbocycles. The highest BCUT2D eigenvalue weighted by Gasteiger charge is 2.37. The van der Waals surface area contributed by atoms with Crippen LogP contribution in [0.3, 0.4) is 0 Å². The molecule has 52 heavy (non-hydrogen) atoms. The molecule has 3 aliphatic heterocycles. The second-order valence-corrected chi connectivity index (χ2v) is 13.1. The third kappa shape index (κ3) is 9.06. The Morgan fingerprint density at radius 1 is 0.885 bits per heavy atom. The Kier molecular flexibility index (Phi) is 12.8.